The number of hydrogen-bond acceptors (Lipinski definition) is 15. The Morgan fingerprint density at radius 2 is 0.970 bits per heavy atom. The number of carbonyl (C=O) groups excluding carboxylic acids is 3. The molecule has 354 valence electrons. The van der Waals surface area contributed by atoms with Crippen molar-refractivity contribution in [3.63, 3.8) is 0 Å². The normalized spacial score (nSPS) is 12.7. The summed E-state index contributed by atoms with van der Waals surface area (Å²) >= 11 is 0. The van der Waals surface area contributed by atoms with E-state index in [0.717, 1.165) is 23.1 Å². The second-order valence-corrected chi connectivity index (χ2v) is 22.2. The number of hydrogen-bond donors (Lipinski definition) is 9. The molecule has 0 radical (unpaired) electrons. The van der Waals surface area contributed by atoms with E-state index in [9.17, 15) is 92.2 Å². The van der Waals surface area contributed by atoms with Crippen LogP contribution >= 0.6 is 0 Å². The fourth-order valence-electron chi connectivity index (χ4n) is 6.63. The van der Waals surface area contributed by atoms with Gasteiger partial charge in [0, 0.05) is 32.8 Å². The topological polar surface area (TPSA) is 417 Å². The van der Waals surface area contributed by atoms with Crippen molar-refractivity contribution in [2.75, 3.05) is 20.9 Å². The van der Waals surface area contributed by atoms with Crippen molar-refractivity contribution in [1.82, 2.24) is 0 Å². The summed E-state index contributed by atoms with van der Waals surface area (Å²) in [6.07, 6.45) is 0.288. The highest BCUT2D eigenvalue weighted by molar-refractivity contribution is 7.88. The standard InChI is InChI=1S/C36H28N4O21S6/c1-18-5-6-19(35(42)38-26-7-9-29(64(50,51)52)24-13-22(62(44,45)46)15-31(33(24)26)66(56,57)58)11-28(18)40(17-41)21-4-2-3-20(12-21)37-36(43)39-27-8-10-30(65(53,54)55)25-14-23(63(47,48)49)16-32(34(25)27)67(59,60)61/h2-17H,1H3,(H,38,42)(H2,37,39,43)(H,44,45,46)(H,47,48,49)(H,50,51,52)(H,53,54,55)(H,56,57,58)(H,59,60,61). The Kier molecular flexibility index (Phi) is 12.9. The van der Waals surface area contributed by atoms with Crippen LogP contribution in [0, 0.1) is 6.92 Å². The maximum absolute atomic E-state index is 13.7. The third kappa shape index (κ3) is 10.6. The van der Waals surface area contributed by atoms with Crippen LogP contribution in [0.25, 0.3) is 21.5 Å². The third-order valence-corrected chi connectivity index (χ3v) is 14.7. The fraction of sp³-hybridized carbons (Fsp3) is 0.0278. The minimum absolute atomic E-state index is 0.000323. The molecule has 0 saturated heterocycles. The van der Waals surface area contributed by atoms with Gasteiger partial charge < -0.3 is 16.0 Å². The van der Waals surface area contributed by atoms with Gasteiger partial charge in [-0.05, 0) is 91.3 Å². The third-order valence-electron chi connectivity index (χ3n) is 9.45. The number of nitrogens with one attached hydrogen (secondary N) is 3. The van der Waals surface area contributed by atoms with Crippen LogP contribution in [0.4, 0.5) is 33.2 Å². The van der Waals surface area contributed by atoms with Gasteiger partial charge in [0.25, 0.3) is 66.6 Å². The summed E-state index contributed by atoms with van der Waals surface area (Å²) < 4.78 is 205. The molecule has 0 saturated carbocycles. The fourth-order valence-corrected chi connectivity index (χ4v) is 10.7. The summed E-state index contributed by atoms with van der Waals surface area (Å²) in [6, 6.07) is 12.1. The zero-order chi connectivity index (χ0) is 50.0. The molecule has 0 aliphatic rings. The van der Waals surface area contributed by atoms with E-state index in [-0.39, 0.29) is 41.2 Å². The van der Waals surface area contributed by atoms with Gasteiger partial charge in [-0.1, -0.05) is 12.1 Å². The number of amides is 4. The molecule has 67 heavy (non-hydrogen) atoms. The molecular formula is C36H28N4O21S6. The first-order chi connectivity index (χ1) is 30.7. The number of anilines is 5. The highest BCUT2D eigenvalue weighted by Crippen LogP contribution is 2.39. The largest absolute Gasteiger partial charge is 0.323 e. The molecule has 6 aromatic carbocycles. The van der Waals surface area contributed by atoms with Crippen LogP contribution in [0.15, 0.2) is 120 Å². The van der Waals surface area contributed by atoms with Gasteiger partial charge in [0.05, 0.1) is 32.5 Å². The van der Waals surface area contributed by atoms with Gasteiger partial charge in [-0.2, -0.15) is 50.5 Å². The number of urea groups is 1. The first-order valence-corrected chi connectivity index (χ1v) is 26.3. The summed E-state index contributed by atoms with van der Waals surface area (Å²) in [4.78, 5) is 33.5. The van der Waals surface area contributed by atoms with Crippen molar-refractivity contribution < 1.29 is 92.2 Å². The van der Waals surface area contributed by atoms with Crippen molar-refractivity contribution in [2.45, 2.75) is 36.3 Å². The lowest BCUT2D eigenvalue weighted by Crippen LogP contribution is -2.21. The van der Waals surface area contributed by atoms with E-state index in [1.165, 1.54) is 43.3 Å². The molecule has 4 amide bonds. The Morgan fingerprint density at radius 1 is 0.507 bits per heavy atom. The number of nitrogens with zero attached hydrogens (tertiary/aromatic N) is 1. The van der Waals surface area contributed by atoms with E-state index in [1.807, 2.05) is 0 Å². The molecule has 6 rings (SSSR count). The van der Waals surface area contributed by atoms with Crippen LogP contribution in [0.1, 0.15) is 15.9 Å². The van der Waals surface area contributed by atoms with Crippen LogP contribution in [0.5, 0.6) is 0 Å². The molecular weight excluding hydrogens is 1020 g/mol. The van der Waals surface area contributed by atoms with Crippen LogP contribution in [0.2, 0.25) is 0 Å². The molecule has 9 N–H and O–H groups in total. The van der Waals surface area contributed by atoms with Crippen molar-refractivity contribution in [2.24, 2.45) is 0 Å². The maximum Gasteiger partial charge on any atom is 0.323 e. The van der Waals surface area contributed by atoms with E-state index in [4.69, 9.17) is 0 Å². The molecule has 0 heterocycles. The lowest BCUT2D eigenvalue weighted by Gasteiger charge is -2.22. The Hall–Kier alpha value is -6.49. The van der Waals surface area contributed by atoms with Gasteiger partial charge in [-0.3, -0.25) is 41.8 Å². The van der Waals surface area contributed by atoms with E-state index < -0.39 is 135 Å². The van der Waals surface area contributed by atoms with Crippen LogP contribution in [0.3, 0.4) is 0 Å². The minimum Gasteiger partial charge on any atom is -0.321 e. The Bertz CT molecular complexity index is 3860. The number of aryl methyl sites for hydroxylation is 1. The molecule has 0 aliphatic carbocycles. The second-order valence-electron chi connectivity index (χ2n) is 13.8. The molecule has 31 heteroatoms. The van der Waals surface area contributed by atoms with Gasteiger partial charge in [-0.15, -0.1) is 0 Å². The van der Waals surface area contributed by atoms with Gasteiger partial charge in [0.15, 0.2) is 0 Å². The summed E-state index contributed by atoms with van der Waals surface area (Å²) in [5.74, 6) is -1.08. The lowest BCUT2D eigenvalue weighted by molar-refractivity contribution is -0.106. The number of carbonyl (C=O) groups is 3. The maximum atomic E-state index is 13.7. The van der Waals surface area contributed by atoms with Crippen LogP contribution < -0.4 is 20.9 Å². The molecule has 0 atom stereocenters. The Morgan fingerprint density at radius 3 is 1.40 bits per heavy atom. The highest BCUT2D eigenvalue weighted by atomic mass is 32.2. The predicted molar refractivity (Wildman–Crippen MR) is 233 cm³/mol. The number of benzene rings is 6. The van der Waals surface area contributed by atoms with Gasteiger partial charge in [-0.25, -0.2) is 4.79 Å². The summed E-state index contributed by atoms with van der Waals surface area (Å²) in [5, 5.41) is 3.46. The van der Waals surface area contributed by atoms with E-state index in [2.05, 4.69) is 16.0 Å². The molecule has 0 fully saturated rings. The number of rotatable bonds is 13. The quantitative estimate of drug-likeness (QED) is 0.0583. The van der Waals surface area contributed by atoms with Crippen molar-refractivity contribution in [3.05, 3.63) is 102 Å². The average molecular weight is 1050 g/mol. The van der Waals surface area contributed by atoms with Gasteiger partial charge in [0.2, 0.25) is 6.41 Å². The molecule has 0 aromatic heterocycles. The van der Waals surface area contributed by atoms with Gasteiger partial charge in [0.1, 0.15) is 19.6 Å². The van der Waals surface area contributed by atoms with Crippen molar-refractivity contribution in [1.29, 1.82) is 0 Å². The molecule has 0 bridgehead atoms. The molecule has 0 spiro atoms. The monoisotopic (exact) mass is 1040 g/mol. The first kappa shape index (κ1) is 49.9. The summed E-state index contributed by atoms with van der Waals surface area (Å²) in [6.45, 7) is 1.51. The molecule has 25 nitrogen and oxygen atoms in total. The van der Waals surface area contributed by atoms with Crippen molar-refractivity contribution >= 4 is 129 Å². The van der Waals surface area contributed by atoms with Crippen molar-refractivity contribution in [3.8, 4) is 0 Å². The lowest BCUT2D eigenvalue weighted by atomic mass is 10.1. The summed E-state index contributed by atoms with van der Waals surface area (Å²) in [7, 11) is -32.0. The first-order valence-electron chi connectivity index (χ1n) is 17.6. The molecule has 0 unspecified atom stereocenters. The zero-order valence-corrected chi connectivity index (χ0v) is 37.8. The van der Waals surface area contributed by atoms with Crippen LogP contribution in [-0.2, 0) is 65.5 Å². The smallest absolute Gasteiger partial charge is 0.321 e. The number of fused-ring (bicyclic) bond motifs is 2. The van der Waals surface area contributed by atoms with E-state index in [1.54, 1.807) is 0 Å². The minimum atomic E-state index is -5.47. The Balaban J connectivity index is 1.35. The molecule has 0 aliphatic heterocycles. The molecule has 6 aromatic rings. The second kappa shape index (κ2) is 17.3. The van der Waals surface area contributed by atoms with Crippen LogP contribution in [-0.4, -0.2) is 96.2 Å². The Labute approximate surface area is 378 Å². The highest BCUT2D eigenvalue weighted by Gasteiger charge is 2.29. The average Bonchev–Trinajstić information content (AvgIpc) is 3.18. The van der Waals surface area contributed by atoms with E-state index in [0.29, 0.717) is 29.8 Å². The van der Waals surface area contributed by atoms with E-state index >= 15 is 0 Å². The predicted octanol–water partition coefficient (Wildman–Crippen LogP) is 3.97. The SMILES string of the molecule is Cc1ccc(C(=O)Nc2ccc(S(=O)(=O)O)c3cc(S(=O)(=O)O)cc(S(=O)(=O)O)c23)cc1N(C=O)c1cccc(NC(=O)Nc2ccc(S(=O)(=O)O)c3cc(S(=O)(=O)O)cc(S(=O)(=O)O)c23)c1. The summed E-state index contributed by atoms with van der Waals surface area (Å²) in [5.41, 5.74) is -1.17. The van der Waals surface area contributed by atoms with Gasteiger partial charge >= 0.3 is 6.03 Å². The zero-order valence-electron chi connectivity index (χ0n) is 32.9.